The van der Waals surface area contributed by atoms with Crippen LogP contribution in [0.4, 0.5) is 10.1 Å². The second-order valence-corrected chi connectivity index (χ2v) is 12.0. The van der Waals surface area contributed by atoms with Gasteiger partial charge >= 0.3 is 10.2 Å². The van der Waals surface area contributed by atoms with Gasteiger partial charge in [-0.3, -0.25) is 14.2 Å². The summed E-state index contributed by atoms with van der Waals surface area (Å²) in [6, 6.07) is 15.0. The van der Waals surface area contributed by atoms with Crippen LogP contribution in [0.25, 0.3) is 11.1 Å². The van der Waals surface area contributed by atoms with E-state index in [1.807, 2.05) is 24.3 Å². The van der Waals surface area contributed by atoms with Crippen LogP contribution in [0.5, 0.6) is 5.75 Å². The van der Waals surface area contributed by atoms with Gasteiger partial charge in [0.2, 0.25) is 0 Å². The van der Waals surface area contributed by atoms with E-state index in [9.17, 15) is 17.9 Å². The van der Waals surface area contributed by atoms with Crippen molar-refractivity contribution in [3.05, 3.63) is 77.3 Å². The van der Waals surface area contributed by atoms with Crippen LogP contribution in [0, 0.1) is 5.82 Å². The van der Waals surface area contributed by atoms with Crippen molar-refractivity contribution in [1.29, 1.82) is 0 Å². The molecule has 2 aromatic carbocycles. The van der Waals surface area contributed by atoms with Crippen molar-refractivity contribution in [3.8, 4) is 16.9 Å². The average Bonchev–Trinajstić information content (AvgIpc) is 3.01. The van der Waals surface area contributed by atoms with E-state index < -0.39 is 21.6 Å². The lowest BCUT2D eigenvalue weighted by Crippen LogP contribution is -2.57. The molecule has 3 heterocycles. The number of aromatic nitrogens is 1. The van der Waals surface area contributed by atoms with Crippen molar-refractivity contribution in [2.45, 2.75) is 37.9 Å². The van der Waals surface area contributed by atoms with Crippen LogP contribution in [0.2, 0.25) is 5.02 Å². The van der Waals surface area contributed by atoms with E-state index in [1.165, 1.54) is 33.0 Å². The molecule has 7 nitrogen and oxygen atoms in total. The summed E-state index contributed by atoms with van der Waals surface area (Å²) in [6.45, 7) is 3.60. The van der Waals surface area contributed by atoms with Gasteiger partial charge in [0.05, 0.1) is 23.1 Å². The molecule has 0 amide bonds. The van der Waals surface area contributed by atoms with E-state index in [4.69, 9.17) is 11.6 Å². The Bertz CT molecular complexity index is 1410. The Morgan fingerprint density at radius 3 is 2.67 bits per heavy atom. The molecule has 0 unspecified atom stereocenters. The normalized spacial score (nSPS) is 24.4. The second-order valence-electron chi connectivity index (χ2n) is 9.68. The predicted molar refractivity (Wildman–Crippen MR) is 139 cm³/mol. The van der Waals surface area contributed by atoms with Gasteiger partial charge in [0, 0.05) is 48.9 Å². The first-order valence-corrected chi connectivity index (χ1v) is 13.6. The molecule has 3 aromatic rings. The maximum atomic E-state index is 14.0. The molecule has 10 heteroatoms. The molecule has 36 heavy (non-hydrogen) atoms. The Hall–Kier alpha value is -2.72. The Morgan fingerprint density at radius 1 is 1.17 bits per heavy atom. The number of benzene rings is 2. The van der Waals surface area contributed by atoms with Gasteiger partial charge in [0.25, 0.3) is 0 Å². The van der Waals surface area contributed by atoms with Crippen molar-refractivity contribution >= 4 is 27.5 Å². The Labute approximate surface area is 215 Å². The number of likely N-dealkylation sites (tertiary alicyclic amines) is 1. The van der Waals surface area contributed by atoms with Crippen LogP contribution in [0.1, 0.15) is 25.5 Å². The first kappa shape index (κ1) is 25.0. The van der Waals surface area contributed by atoms with Gasteiger partial charge in [-0.2, -0.15) is 12.7 Å². The zero-order valence-corrected chi connectivity index (χ0v) is 21.7. The summed E-state index contributed by atoms with van der Waals surface area (Å²) in [4.78, 5) is 6.69. The van der Waals surface area contributed by atoms with Crippen LogP contribution >= 0.6 is 11.6 Å². The fourth-order valence-electron chi connectivity index (χ4n) is 5.55. The van der Waals surface area contributed by atoms with Crippen LogP contribution in [0.15, 0.2) is 60.8 Å². The summed E-state index contributed by atoms with van der Waals surface area (Å²) >= 11 is 6.35. The third-order valence-corrected chi connectivity index (χ3v) is 9.55. The SMILES string of the molecule is C[C@H]1C[C@]2(CCN1Cc1cc(-c3ccccc3Cl)c(O)cn1)CN(C)S(=O)(=O)N2c1cccc(F)c1. The highest BCUT2D eigenvalue weighted by molar-refractivity contribution is 7.90. The molecule has 0 bridgehead atoms. The van der Waals surface area contributed by atoms with E-state index >= 15 is 0 Å². The van der Waals surface area contributed by atoms with Crippen molar-refractivity contribution in [3.63, 3.8) is 0 Å². The van der Waals surface area contributed by atoms with Crippen LogP contribution in [-0.4, -0.2) is 59.4 Å². The molecule has 2 atom stereocenters. The van der Waals surface area contributed by atoms with Crippen LogP contribution < -0.4 is 4.31 Å². The van der Waals surface area contributed by atoms with E-state index in [0.29, 0.717) is 48.7 Å². The van der Waals surface area contributed by atoms with Gasteiger partial charge < -0.3 is 5.11 Å². The van der Waals surface area contributed by atoms with E-state index in [0.717, 1.165) is 11.3 Å². The van der Waals surface area contributed by atoms with Gasteiger partial charge in [-0.25, -0.2) is 4.39 Å². The highest BCUT2D eigenvalue weighted by Crippen LogP contribution is 2.44. The number of piperidine rings is 1. The number of rotatable bonds is 4. The Morgan fingerprint density at radius 2 is 1.94 bits per heavy atom. The van der Waals surface area contributed by atoms with Crippen LogP contribution in [0.3, 0.4) is 0 Å². The molecule has 0 radical (unpaired) electrons. The smallest absolute Gasteiger partial charge is 0.304 e. The minimum Gasteiger partial charge on any atom is -0.506 e. The fourth-order valence-corrected chi connectivity index (χ4v) is 7.56. The standard InChI is InChI=1S/C26H28ClFN4O3S/c1-18-14-26(17-30(2)36(34,35)32(26)21-7-5-6-19(28)12-21)10-11-31(18)16-20-13-23(25(33)15-29-20)22-8-3-4-9-24(22)27/h3-9,12-13,15,18,33H,10-11,14,16-17H2,1-2H3/t18-,26+/m0/s1. The van der Waals surface area contributed by atoms with E-state index in [1.54, 1.807) is 19.2 Å². The number of nitrogens with zero attached hydrogens (tertiary/aromatic N) is 4. The average molecular weight is 531 g/mol. The molecule has 1 N–H and O–H groups in total. The van der Waals surface area contributed by atoms with Gasteiger partial charge in [-0.15, -0.1) is 0 Å². The third kappa shape index (κ3) is 4.34. The van der Waals surface area contributed by atoms with Crippen molar-refractivity contribution in [2.24, 2.45) is 0 Å². The maximum Gasteiger partial charge on any atom is 0.304 e. The summed E-state index contributed by atoms with van der Waals surface area (Å²) < 4.78 is 43.3. The second kappa shape index (κ2) is 9.30. The summed E-state index contributed by atoms with van der Waals surface area (Å²) in [5.74, 6) is -0.409. The summed E-state index contributed by atoms with van der Waals surface area (Å²) in [5, 5.41) is 11.0. The minimum absolute atomic E-state index is 0.0378. The van der Waals surface area contributed by atoms with Gasteiger partial charge in [-0.1, -0.05) is 35.9 Å². The monoisotopic (exact) mass is 530 g/mol. The van der Waals surface area contributed by atoms with E-state index in [2.05, 4.69) is 16.8 Å². The molecule has 2 saturated heterocycles. The molecule has 5 rings (SSSR count). The number of aromatic hydroxyl groups is 1. The summed E-state index contributed by atoms with van der Waals surface area (Å²) in [6.07, 6.45) is 2.61. The van der Waals surface area contributed by atoms with Crippen molar-refractivity contribution < 1.29 is 17.9 Å². The van der Waals surface area contributed by atoms with E-state index in [-0.39, 0.29) is 11.8 Å². The molecule has 190 valence electrons. The largest absolute Gasteiger partial charge is 0.506 e. The van der Waals surface area contributed by atoms with Crippen molar-refractivity contribution in [2.75, 3.05) is 24.4 Å². The van der Waals surface area contributed by atoms with Gasteiger partial charge in [0.15, 0.2) is 0 Å². The third-order valence-electron chi connectivity index (χ3n) is 7.25. The lowest BCUT2D eigenvalue weighted by atomic mass is 9.83. The molecule has 2 aliphatic heterocycles. The van der Waals surface area contributed by atoms with Crippen molar-refractivity contribution in [1.82, 2.24) is 14.2 Å². The number of halogens is 2. The highest BCUT2D eigenvalue weighted by Gasteiger charge is 2.55. The molecular weight excluding hydrogens is 503 g/mol. The topological polar surface area (TPSA) is 77.0 Å². The maximum absolute atomic E-state index is 14.0. The highest BCUT2D eigenvalue weighted by atomic mass is 35.5. The molecule has 1 aromatic heterocycles. The fraction of sp³-hybridized carbons (Fsp3) is 0.346. The lowest BCUT2D eigenvalue weighted by molar-refractivity contribution is 0.0992. The molecular formula is C26H28ClFN4O3S. The first-order chi connectivity index (χ1) is 17.1. The Balaban J connectivity index is 1.40. The molecule has 0 saturated carbocycles. The zero-order chi connectivity index (χ0) is 25.7. The molecule has 1 spiro atoms. The molecule has 2 aliphatic rings. The number of hydrogen-bond donors (Lipinski definition) is 1. The van der Waals surface area contributed by atoms with Gasteiger partial charge in [-0.05, 0) is 50.1 Å². The molecule has 2 fully saturated rings. The lowest BCUT2D eigenvalue weighted by Gasteiger charge is -2.47. The van der Waals surface area contributed by atoms with Crippen LogP contribution in [-0.2, 0) is 16.8 Å². The summed E-state index contributed by atoms with van der Waals surface area (Å²) in [7, 11) is -2.19. The first-order valence-electron chi connectivity index (χ1n) is 11.8. The predicted octanol–water partition coefficient (Wildman–Crippen LogP) is 4.67. The number of anilines is 1. The minimum atomic E-state index is -3.76. The van der Waals surface area contributed by atoms with Gasteiger partial charge in [0.1, 0.15) is 11.6 Å². The number of pyridine rings is 1. The summed E-state index contributed by atoms with van der Waals surface area (Å²) in [5.41, 5.74) is 1.82. The Kier molecular flexibility index (Phi) is 6.45. The number of likely N-dealkylation sites (N-methyl/N-ethyl adjacent to an activating group) is 1. The zero-order valence-electron chi connectivity index (χ0n) is 20.1. The quantitative estimate of drug-likeness (QED) is 0.530. The molecule has 0 aliphatic carbocycles. The number of hydrogen-bond acceptors (Lipinski definition) is 5.